The number of carboxylic acids is 1. The minimum Gasteiger partial charge on any atom is -0.480 e. The minimum absolute atomic E-state index is 0.0847. The van der Waals surface area contributed by atoms with E-state index in [-0.39, 0.29) is 19.4 Å². The Morgan fingerprint density at radius 1 is 0.554 bits per heavy atom. The molecule has 56 heavy (non-hydrogen) atoms. The number of ether oxygens (including phenoxy) is 2. The third-order valence-electron chi connectivity index (χ3n) is 9.05. The molecule has 0 fully saturated rings. The maximum absolute atomic E-state index is 12.6. The number of hydrogen-bond donors (Lipinski definition) is 3. The van der Waals surface area contributed by atoms with Crippen molar-refractivity contribution in [2.24, 2.45) is 5.73 Å². The summed E-state index contributed by atoms with van der Waals surface area (Å²) in [6, 6.07) is -1.53. The van der Waals surface area contributed by atoms with Crippen LogP contribution in [0.3, 0.4) is 0 Å². The third kappa shape index (κ3) is 38.3. The van der Waals surface area contributed by atoms with Crippen LogP contribution in [0.2, 0.25) is 0 Å². The van der Waals surface area contributed by atoms with Crippen molar-refractivity contribution in [2.45, 2.75) is 193 Å². The molecule has 12 heteroatoms. The quantitative estimate of drug-likeness (QED) is 0.0233. The van der Waals surface area contributed by atoms with Crippen LogP contribution in [0.25, 0.3) is 0 Å². The summed E-state index contributed by atoms with van der Waals surface area (Å²) in [5, 5.41) is 8.88. The lowest BCUT2D eigenvalue weighted by atomic mass is 10.1. The van der Waals surface area contributed by atoms with E-state index >= 15 is 0 Å². The number of rotatable bonds is 40. The Bertz CT molecular complexity index is 1140. The number of unbranched alkanes of at least 4 members (excludes halogenated alkanes) is 18. The van der Waals surface area contributed by atoms with Gasteiger partial charge in [0.1, 0.15) is 12.6 Å². The van der Waals surface area contributed by atoms with Crippen molar-refractivity contribution in [3.63, 3.8) is 0 Å². The van der Waals surface area contributed by atoms with Gasteiger partial charge in [-0.3, -0.25) is 23.4 Å². The highest BCUT2D eigenvalue weighted by Crippen LogP contribution is 2.43. The highest BCUT2D eigenvalue weighted by Gasteiger charge is 2.28. The number of allylic oxidation sites excluding steroid dienone is 8. The fourth-order valence-electron chi connectivity index (χ4n) is 5.60. The average molecular weight is 812 g/mol. The molecule has 0 rings (SSSR count). The molecule has 0 radical (unpaired) electrons. The second kappa shape index (κ2) is 39.3. The maximum Gasteiger partial charge on any atom is 0.472 e. The molecule has 0 heterocycles. The molecular weight excluding hydrogens is 733 g/mol. The molecule has 3 atom stereocenters. The molecule has 0 aromatic carbocycles. The molecule has 324 valence electrons. The van der Waals surface area contributed by atoms with E-state index in [1.54, 1.807) is 0 Å². The molecule has 0 bridgehead atoms. The van der Waals surface area contributed by atoms with Crippen molar-refractivity contribution in [1.82, 2.24) is 0 Å². The first-order valence-corrected chi connectivity index (χ1v) is 23.2. The Balaban J connectivity index is 4.49. The van der Waals surface area contributed by atoms with E-state index in [1.807, 2.05) is 12.2 Å². The SMILES string of the molecule is CCCCCCCC/C=C/C/C=C/C/C=C/CCCC(=O)O[C@H](COC(=O)CCCC/C=C/CCCCCCCCCCC)COP(=O)(O)OC[C@H](N)C(=O)O. The number of aliphatic carboxylic acids is 1. The Kier molecular flexibility index (Phi) is 37.5. The van der Waals surface area contributed by atoms with Crippen LogP contribution in [-0.4, -0.2) is 59.9 Å². The smallest absolute Gasteiger partial charge is 0.472 e. The van der Waals surface area contributed by atoms with E-state index in [0.29, 0.717) is 19.3 Å². The molecule has 0 saturated heterocycles. The lowest BCUT2D eigenvalue weighted by Gasteiger charge is -2.20. The standard InChI is InChI=1S/C44H78NO10P/c1-3-5-7-9-11-13-15-17-19-20-22-24-26-28-30-32-34-36-43(47)55-40(38-53-56(50,51)54-39-41(45)44(48)49)37-52-42(46)35-33-31-29-27-25-23-21-18-16-14-12-10-8-6-4-2/h17,19,22,24-25,27-28,30,40-41H,3-16,18,20-21,23,26,29,31-39,45H2,1-2H3,(H,48,49)(H,50,51)/b19-17+,24-22+,27-25+,30-28+/t40-,41+/m1/s1. The molecule has 0 aliphatic rings. The third-order valence-corrected chi connectivity index (χ3v) is 10.0. The fourth-order valence-corrected chi connectivity index (χ4v) is 6.38. The van der Waals surface area contributed by atoms with Gasteiger partial charge in [0.25, 0.3) is 0 Å². The Morgan fingerprint density at radius 2 is 0.964 bits per heavy atom. The number of carbonyl (C=O) groups is 3. The van der Waals surface area contributed by atoms with Gasteiger partial charge in [-0.15, -0.1) is 0 Å². The van der Waals surface area contributed by atoms with Gasteiger partial charge in [-0.05, 0) is 70.6 Å². The van der Waals surface area contributed by atoms with Crippen molar-refractivity contribution in [3.05, 3.63) is 48.6 Å². The summed E-state index contributed by atoms with van der Waals surface area (Å²) in [7, 11) is -4.73. The van der Waals surface area contributed by atoms with Crippen LogP contribution in [0.5, 0.6) is 0 Å². The molecular formula is C44H78NO10P. The van der Waals surface area contributed by atoms with Gasteiger partial charge < -0.3 is 25.2 Å². The van der Waals surface area contributed by atoms with Crippen LogP contribution in [0, 0.1) is 0 Å². The predicted molar refractivity (Wildman–Crippen MR) is 226 cm³/mol. The van der Waals surface area contributed by atoms with Gasteiger partial charge in [0.2, 0.25) is 0 Å². The molecule has 0 saturated carbocycles. The topological polar surface area (TPSA) is 172 Å². The van der Waals surface area contributed by atoms with Gasteiger partial charge in [0.05, 0.1) is 13.2 Å². The van der Waals surface area contributed by atoms with Crippen LogP contribution in [-0.2, 0) is 37.5 Å². The van der Waals surface area contributed by atoms with Crippen molar-refractivity contribution < 1.29 is 47.5 Å². The van der Waals surface area contributed by atoms with E-state index in [4.69, 9.17) is 24.8 Å². The molecule has 0 aliphatic heterocycles. The van der Waals surface area contributed by atoms with Gasteiger partial charge in [-0.2, -0.15) is 0 Å². The van der Waals surface area contributed by atoms with Crippen LogP contribution >= 0.6 is 7.82 Å². The average Bonchev–Trinajstić information content (AvgIpc) is 3.17. The number of carbonyl (C=O) groups excluding carboxylic acids is 2. The highest BCUT2D eigenvalue weighted by atomic mass is 31.2. The molecule has 0 aromatic heterocycles. The van der Waals surface area contributed by atoms with Crippen LogP contribution < -0.4 is 5.73 Å². The largest absolute Gasteiger partial charge is 0.480 e. The predicted octanol–water partition coefficient (Wildman–Crippen LogP) is 11.4. The number of carboxylic acid groups (broad SMARTS) is 1. The summed E-state index contributed by atoms with van der Waals surface area (Å²) in [6.07, 6.45) is 43.3. The van der Waals surface area contributed by atoms with E-state index < -0.39 is 51.1 Å². The van der Waals surface area contributed by atoms with Crippen molar-refractivity contribution in [2.75, 3.05) is 19.8 Å². The maximum atomic E-state index is 12.6. The number of esters is 2. The van der Waals surface area contributed by atoms with Crippen LogP contribution in [0.4, 0.5) is 0 Å². The normalized spacial score (nSPS) is 14.2. The summed E-state index contributed by atoms with van der Waals surface area (Å²) in [5.74, 6) is -2.47. The molecule has 0 spiro atoms. The summed E-state index contributed by atoms with van der Waals surface area (Å²) in [6.45, 7) is 2.72. The van der Waals surface area contributed by atoms with Gasteiger partial charge >= 0.3 is 25.7 Å². The molecule has 4 N–H and O–H groups in total. The van der Waals surface area contributed by atoms with E-state index in [1.165, 1.54) is 96.3 Å². The number of phosphoric ester groups is 1. The summed E-state index contributed by atoms with van der Waals surface area (Å²) in [4.78, 5) is 45.9. The first-order chi connectivity index (χ1) is 27.1. The first kappa shape index (κ1) is 53.4. The summed E-state index contributed by atoms with van der Waals surface area (Å²) < 4.78 is 32.6. The molecule has 0 aliphatic carbocycles. The van der Waals surface area contributed by atoms with E-state index in [2.05, 4.69) is 54.8 Å². The van der Waals surface area contributed by atoms with Gasteiger partial charge in [-0.1, -0.05) is 146 Å². The lowest BCUT2D eigenvalue weighted by Crippen LogP contribution is -2.34. The molecule has 11 nitrogen and oxygen atoms in total. The Labute approximate surface area is 339 Å². The van der Waals surface area contributed by atoms with Crippen molar-refractivity contribution in [3.8, 4) is 0 Å². The first-order valence-electron chi connectivity index (χ1n) is 21.7. The van der Waals surface area contributed by atoms with Crippen molar-refractivity contribution >= 4 is 25.7 Å². The van der Waals surface area contributed by atoms with E-state index in [0.717, 1.165) is 38.5 Å². The summed E-state index contributed by atoms with van der Waals surface area (Å²) >= 11 is 0. The lowest BCUT2D eigenvalue weighted by molar-refractivity contribution is -0.161. The monoisotopic (exact) mass is 812 g/mol. The van der Waals surface area contributed by atoms with Crippen molar-refractivity contribution in [1.29, 1.82) is 0 Å². The Morgan fingerprint density at radius 3 is 1.48 bits per heavy atom. The molecule has 0 aromatic rings. The number of nitrogens with two attached hydrogens (primary N) is 1. The van der Waals surface area contributed by atoms with Gasteiger partial charge in [0, 0.05) is 12.8 Å². The zero-order chi connectivity index (χ0) is 41.4. The zero-order valence-electron chi connectivity index (χ0n) is 35.0. The van der Waals surface area contributed by atoms with Gasteiger partial charge in [-0.25, -0.2) is 4.57 Å². The summed E-state index contributed by atoms with van der Waals surface area (Å²) in [5.41, 5.74) is 5.32. The zero-order valence-corrected chi connectivity index (χ0v) is 35.9. The number of phosphoric acid groups is 1. The second-order valence-electron chi connectivity index (χ2n) is 14.5. The van der Waals surface area contributed by atoms with Crippen LogP contribution in [0.15, 0.2) is 48.6 Å². The molecule has 1 unspecified atom stereocenters. The van der Waals surface area contributed by atoms with Gasteiger partial charge in [0.15, 0.2) is 6.10 Å². The Hall–Kier alpha value is -2.56. The second-order valence-corrected chi connectivity index (χ2v) is 15.9. The molecule has 0 amide bonds. The number of hydrogen-bond acceptors (Lipinski definition) is 9. The van der Waals surface area contributed by atoms with Crippen LogP contribution in [0.1, 0.15) is 181 Å². The van der Waals surface area contributed by atoms with E-state index in [9.17, 15) is 23.8 Å². The minimum atomic E-state index is -4.73. The fraction of sp³-hybridized carbons (Fsp3) is 0.750. The highest BCUT2D eigenvalue weighted by molar-refractivity contribution is 7.47.